The van der Waals surface area contributed by atoms with Gasteiger partial charge in [-0.25, -0.2) is 0 Å². The molecular weight excluding hydrogens is 282 g/mol. The molecule has 0 aliphatic heterocycles. The van der Waals surface area contributed by atoms with Crippen molar-refractivity contribution in [2.24, 2.45) is 0 Å². The average Bonchev–Trinajstić information content (AvgIpc) is 3.10. The molecule has 110 valence electrons. The number of nitrogens with one attached hydrogen (secondary N) is 1. The Morgan fingerprint density at radius 2 is 1.48 bits per heavy atom. The summed E-state index contributed by atoms with van der Waals surface area (Å²) in [7, 11) is 0. The maximum atomic E-state index is 4.22. The second kappa shape index (κ2) is 5.89. The molecule has 0 unspecified atom stereocenters. The fourth-order valence-corrected chi connectivity index (χ4v) is 2.73. The number of nitrogens with zero attached hydrogens (tertiary/aromatic N) is 2. The zero-order chi connectivity index (χ0) is 15.5. The minimum Gasteiger partial charge on any atom is -0.258 e. The fourth-order valence-electron chi connectivity index (χ4n) is 2.73. The van der Waals surface area contributed by atoms with E-state index < -0.39 is 0 Å². The van der Waals surface area contributed by atoms with Gasteiger partial charge in [0.25, 0.3) is 0 Å². The third-order valence-corrected chi connectivity index (χ3v) is 3.86. The van der Waals surface area contributed by atoms with Crippen molar-refractivity contribution >= 4 is 23.2 Å². The molecule has 0 radical (unpaired) electrons. The van der Waals surface area contributed by atoms with Gasteiger partial charge in [-0.1, -0.05) is 84.1 Å². The number of H-pyrrole nitrogens is 1. The number of aromatic amines is 1. The average molecular weight is 297 g/mol. The molecule has 0 fully saturated rings. The highest BCUT2D eigenvalue weighted by Gasteiger charge is 2.09. The minimum atomic E-state index is 0.896. The molecule has 0 saturated heterocycles. The first-order chi connectivity index (χ1) is 11.4. The first-order valence-electron chi connectivity index (χ1n) is 7.54. The van der Waals surface area contributed by atoms with Crippen LogP contribution in [0.1, 0.15) is 11.1 Å². The van der Waals surface area contributed by atoms with Gasteiger partial charge in [-0.05, 0) is 22.8 Å². The monoisotopic (exact) mass is 297 g/mol. The van der Waals surface area contributed by atoms with E-state index in [-0.39, 0.29) is 0 Å². The van der Waals surface area contributed by atoms with Crippen molar-refractivity contribution < 1.29 is 0 Å². The summed E-state index contributed by atoms with van der Waals surface area (Å²) in [5.41, 5.74) is 6.43. The van der Waals surface area contributed by atoms with Gasteiger partial charge in [0.1, 0.15) is 5.52 Å². The van der Waals surface area contributed by atoms with E-state index in [2.05, 4.69) is 64.0 Å². The summed E-state index contributed by atoms with van der Waals surface area (Å²) < 4.78 is 0. The summed E-state index contributed by atoms with van der Waals surface area (Å²) in [6, 6.07) is 24.7. The summed E-state index contributed by atoms with van der Waals surface area (Å²) in [6.07, 6.45) is 4.27. The molecule has 23 heavy (non-hydrogen) atoms. The van der Waals surface area contributed by atoms with Crippen LogP contribution < -0.4 is 0 Å². The highest BCUT2D eigenvalue weighted by molar-refractivity contribution is 5.94. The summed E-state index contributed by atoms with van der Waals surface area (Å²) in [6.45, 7) is 0. The number of aromatic nitrogens is 3. The van der Waals surface area contributed by atoms with Crippen LogP contribution in [-0.4, -0.2) is 15.4 Å². The maximum Gasteiger partial charge on any atom is 0.120 e. The smallest absolute Gasteiger partial charge is 0.120 e. The van der Waals surface area contributed by atoms with Gasteiger partial charge in [-0.3, -0.25) is 5.10 Å². The minimum absolute atomic E-state index is 0.896. The Morgan fingerprint density at radius 1 is 0.696 bits per heavy atom. The zero-order valence-corrected chi connectivity index (χ0v) is 12.5. The van der Waals surface area contributed by atoms with Gasteiger partial charge in [-0.15, -0.1) is 5.10 Å². The molecule has 0 atom stereocenters. The van der Waals surface area contributed by atoms with Gasteiger partial charge < -0.3 is 0 Å². The third-order valence-electron chi connectivity index (χ3n) is 3.86. The lowest BCUT2D eigenvalue weighted by Crippen LogP contribution is -1.85. The van der Waals surface area contributed by atoms with E-state index in [0.717, 1.165) is 27.7 Å². The molecule has 4 rings (SSSR count). The highest BCUT2D eigenvalue weighted by Crippen LogP contribution is 2.30. The molecule has 0 spiro atoms. The first kappa shape index (κ1) is 13.5. The van der Waals surface area contributed by atoms with Gasteiger partial charge >= 0.3 is 0 Å². The lowest BCUT2D eigenvalue weighted by Gasteiger charge is -2.07. The van der Waals surface area contributed by atoms with Crippen LogP contribution in [0.3, 0.4) is 0 Å². The number of benzene rings is 3. The van der Waals surface area contributed by atoms with E-state index in [0.29, 0.717) is 0 Å². The van der Waals surface area contributed by atoms with Gasteiger partial charge in [0.15, 0.2) is 0 Å². The molecule has 3 nitrogen and oxygen atoms in total. The van der Waals surface area contributed by atoms with Crippen LogP contribution in [-0.2, 0) is 0 Å². The van der Waals surface area contributed by atoms with Crippen molar-refractivity contribution in [2.45, 2.75) is 0 Å². The van der Waals surface area contributed by atoms with Crippen molar-refractivity contribution in [1.82, 2.24) is 15.4 Å². The number of hydrogen-bond acceptors (Lipinski definition) is 2. The fraction of sp³-hybridized carbons (Fsp3) is 0. The molecule has 3 aromatic carbocycles. The van der Waals surface area contributed by atoms with E-state index in [1.165, 1.54) is 5.56 Å². The normalized spacial score (nSPS) is 11.3. The van der Waals surface area contributed by atoms with Crippen LogP contribution >= 0.6 is 0 Å². The van der Waals surface area contributed by atoms with Crippen LogP contribution in [0.15, 0.2) is 72.8 Å². The molecule has 1 heterocycles. The van der Waals surface area contributed by atoms with Crippen LogP contribution in [0.5, 0.6) is 0 Å². The standard InChI is InChI=1S/C20H15N3/c1-2-7-15(8-3-1)13-14-16-9-4-5-10-17(16)18-11-6-12-19-20(18)22-23-21-19/h1-14H,(H,21,22,23). The second-order valence-corrected chi connectivity index (χ2v) is 5.34. The molecule has 0 saturated carbocycles. The van der Waals surface area contributed by atoms with Crippen molar-refractivity contribution in [3.8, 4) is 11.1 Å². The predicted molar refractivity (Wildman–Crippen MR) is 94.7 cm³/mol. The Morgan fingerprint density at radius 3 is 2.39 bits per heavy atom. The molecule has 0 aliphatic carbocycles. The van der Waals surface area contributed by atoms with Gasteiger partial charge in [-0.2, -0.15) is 0 Å². The SMILES string of the molecule is C(=Cc1ccccc1-c1cccc2[nH]nnc12)c1ccccc1. The molecule has 4 aromatic rings. The summed E-state index contributed by atoms with van der Waals surface area (Å²) in [4.78, 5) is 0. The predicted octanol–water partition coefficient (Wildman–Crippen LogP) is 4.80. The van der Waals surface area contributed by atoms with Crippen molar-refractivity contribution in [2.75, 3.05) is 0 Å². The van der Waals surface area contributed by atoms with Gasteiger partial charge in [0.05, 0.1) is 5.52 Å². The Balaban J connectivity index is 1.82. The molecule has 1 aromatic heterocycles. The number of rotatable bonds is 3. The topological polar surface area (TPSA) is 41.6 Å². The van der Waals surface area contributed by atoms with Crippen LogP contribution in [0.25, 0.3) is 34.3 Å². The Hall–Kier alpha value is -3.20. The van der Waals surface area contributed by atoms with Crippen molar-refractivity contribution in [3.63, 3.8) is 0 Å². The summed E-state index contributed by atoms with van der Waals surface area (Å²) in [5, 5.41) is 11.1. The van der Waals surface area contributed by atoms with Crippen LogP contribution in [0.2, 0.25) is 0 Å². The largest absolute Gasteiger partial charge is 0.258 e. The van der Waals surface area contributed by atoms with E-state index in [9.17, 15) is 0 Å². The second-order valence-electron chi connectivity index (χ2n) is 5.34. The molecule has 0 aliphatic rings. The molecule has 3 heteroatoms. The Bertz CT molecular complexity index is 968. The molecule has 0 amide bonds. The van der Waals surface area contributed by atoms with E-state index in [1.807, 2.05) is 36.4 Å². The molecular formula is C20H15N3. The zero-order valence-electron chi connectivity index (χ0n) is 12.5. The van der Waals surface area contributed by atoms with Crippen molar-refractivity contribution in [3.05, 3.63) is 83.9 Å². The number of fused-ring (bicyclic) bond motifs is 1. The van der Waals surface area contributed by atoms with Crippen LogP contribution in [0, 0.1) is 0 Å². The number of hydrogen-bond donors (Lipinski definition) is 1. The van der Waals surface area contributed by atoms with Gasteiger partial charge in [0.2, 0.25) is 0 Å². The third kappa shape index (κ3) is 2.64. The first-order valence-corrected chi connectivity index (χ1v) is 7.54. The quantitative estimate of drug-likeness (QED) is 0.552. The maximum absolute atomic E-state index is 4.22. The molecule has 1 N–H and O–H groups in total. The Labute approximate surface area is 134 Å². The summed E-state index contributed by atoms with van der Waals surface area (Å²) in [5.74, 6) is 0. The van der Waals surface area contributed by atoms with E-state index in [1.54, 1.807) is 0 Å². The van der Waals surface area contributed by atoms with E-state index in [4.69, 9.17) is 0 Å². The lowest BCUT2D eigenvalue weighted by molar-refractivity contribution is 0.959. The summed E-state index contributed by atoms with van der Waals surface area (Å²) >= 11 is 0. The van der Waals surface area contributed by atoms with Gasteiger partial charge in [0, 0.05) is 5.56 Å². The lowest BCUT2D eigenvalue weighted by atomic mass is 9.98. The van der Waals surface area contributed by atoms with E-state index >= 15 is 0 Å². The van der Waals surface area contributed by atoms with Crippen LogP contribution in [0.4, 0.5) is 0 Å². The Kier molecular flexibility index (Phi) is 3.45. The molecule has 0 bridgehead atoms. The highest BCUT2D eigenvalue weighted by atomic mass is 15.3. The van der Waals surface area contributed by atoms with Crippen molar-refractivity contribution in [1.29, 1.82) is 0 Å².